The molecule has 0 bridgehead atoms. The van der Waals surface area contributed by atoms with E-state index < -0.39 is 0 Å². The van der Waals surface area contributed by atoms with Crippen LogP contribution in [0.3, 0.4) is 0 Å². The van der Waals surface area contributed by atoms with Gasteiger partial charge >= 0.3 is 0 Å². The maximum Gasteiger partial charge on any atom is 0.128 e. The quantitative estimate of drug-likeness (QED) is 0.729. The molecule has 0 aliphatic carbocycles. The van der Waals surface area contributed by atoms with Crippen molar-refractivity contribution >= 4 is 0 Å². The Labute approximate surface area is 101 Å². The molecule has 1 rings (SSSR count). The first-order chi connectivity index (χ1) is 8.26. The van der Waals surface area contributed by atoms with Crippen LogP contribution in [0, 0.1) is 0 Å². The van der Waals surface area contributed by atoms with Crippen LogP contribution in [0.4, 0.5) is 0 Å². The molecule has 0 fully saturated rings. The van der Waals surface area contributed by atoms with Gasteiger partial charge in [0.1, 0.15) is 11.5 Å². The Balaban J connectivity index is 3.04. The molecule has 0 amide bonds. The van der Waals surface area contributed by atoms with E-state index in [2.05, 4.69) is 4.84 Å². The number of ether oxygens (including phenoxy) is 3. The molecule has 17 heavy (non-hydrogen) atoms. The molecule has 5 nitrogen and oxygen atoms in total. The van der Waals surface area contributed by atoms with Crippen LogP contribution in [-0.2, 0) is 22.6 Å². The molecule has 0 radical (unpaired) electrons. The molecule has 0 saturated carbocycles. The Kier molecular flexibility index (Phi) is 5.76. The highest BCUT2D eigenvalue weighted by Gasteiger charge is 2.11. The zero-order valence-electron chi connectivity index (χ0n) is 10.5. The fourth-order valence-corrected chi connectivity index (χ4v) is 1.67. The molecule has 2 N–H and O–H groups in total. The maximum absolute atomic E-state index is 5.30. The zero-order valence-corrected chi connectivity index (χ0v) is 10.5. The fraction of sp³-hybridized carbons (Fsp3) is 0.500. The minimum absolute atomic E-state index is 0.440. The first-order valence-electron chi connectivity index (χ1n) is 5.31. The normalized spacial score (nSPS) is 10.4. The molecule has 5 heteroatoms. The largest absolute Gasteiger partial charge is 0.496 e. The minimum atomic E-state index is 0.440. The minimum Gasteiger partial charge on any atom is -0.496 e. The molecule has 0 spiro atoms. The van der Waals surface area contributed by atoms with Gasteiger partial charge in [-0.3, -0.25) is 0 Å². The van der Waals surface area contributed by atoms with Crippen LogP contribution in [0.2, 0.25) is 0 Å². The van der Waals surface area contributed by atoms with E-state index in [0.29, 0.717) is 19.6 Å². The van der Waals surface area contributed by atoms with E-state index in [1.807, 2.05) is 12.1 Å². The average molecular weight is 241 g/mol. The van der Waals surface area contributed by atoms with Gasteiger partial charge in [-0.1, -0.05) is 0 Å². The fourth-order valence-electron chi connectivity index (χ4n) is 1.67. The van der Waals surface area contributed by atoms with Gasteiger partial charge in [0, 0.05) is 25.2 Å². The number of methoxy groups -OCH3 is 3. The van der Waals surface area contributed by atoms with Crippen LogP contribution in [0.1, 0.15) is 11.1 Å². The molecule has 0 heterocycles. The predicted molar refractivity (Wildman–Crippen MR) is 64.1 cm³/mol. The Morgan fingerprint density at radius 2 is 1.65 bits per heavy atom. The van der Waals surface area contributed by atoms with Crippen LogP contribution in [-0.4, -0.2) is 27.9 Å². The van der Waals surface area contributed by atoms with Crippen LogP contribution >= 0.6 is 0 Å². The highest BCUT2D eigenvalue weighted by molar-refractivity contribution is 5.46. The maximum atomic E-state index is 5.30. The molecule has 1 aromatic rings. The molecular formula is C12H19NO4. The van der Waals surface area contributed by atoms with Crippen molar-refractivity contribution in [2.45, 2.75) is 13.0 Å². The molecule has 96 valence electrons. The van der Waals surface area contributed by atoms with Gasteiger partial charge in [-0.05, 0) is 11.6 Å². The van der Waals surface area contributed by atoms with Crippen molar-refractivity contribution in [2.75, 3.05) is 27.9 Å². The second-order valence-corrected chi connectivity index (χ2v) is 3.53. The van der Waals surface area contributed by atoms with Gasteiger partial charge < -0.3 is 19.0 Å². The van der Waals surface area contributed by atoms with Crippen molar-refractivity contribution in [1.82, 2.24) is 0 Å². The van der Waals surface area contributed by atoms with Gasteiger partial charge in [-0.15, -0.1) is 0 Å². The van der Waals surface area contributed by atoms with Crippen molar-refractivity contribution in [3.63, 3.8) is 0 Å². The summed E-state index contributed by atoms with van der Waals surface area (Å²) in [7, 11) is 4.89. The zero-order chi connectivity index (χ0) is 12.7. The van der Waals surface area contributed by atoms with Gasteiger partial charge in [-0.2, -0.15) is 0 Å². The number of benzene rings is 1. The van der Waals surface area contributed by atoms with Crippen molar-refractivity contribution < 1.29 is 19.0 Å². The summed E-state index contributed by atoms with van der Waals surface area (Å²) in [4.78, 5) is 4.58. The predicted octanol–water partition coefficient (Wildman–Crippen LogP) is 1.28. The van der Waals surface area contributed by atoms with Crippen LogP contribution in [0.15, 0.2) is 12.1 Å². The van der Waals surface area contributed by atoms with Crippen LogP contribution < -0.4 is 15.4 Å². The lowest BCUT2D eigenvalue weighted by Crippen LogP contribution is -2.06. The summed E-state index contributed by atoms with van der Waals surface area (Å²) in [5.41, 5.74) is 1.99. The Hall–Kier alpha value is -1.30. The molecule has 0 saturated heterocycles. The van der Waals surface area contributed by atoms with E-state index in [4.69, 9.17) is 20.1 Å². The SMILES string of the molecule is COCc1cc(CCON)c(OC)cc1OC. The van der Waals surface area contributed by atoms with Crippen molar-refractivity contribution in [3.8, 4) is 11.5 Å². The standard InChI is InChI=1S/C12H19NO4/c1-14-8-10-6-9(4-5-17-13)11(15-2)7-12(10)16-3/h6-7H,4-5,8,13H2,1-3H3. The first-order valence-corrected chi connectivity index (χ1v) is 5.31. The summed E-state index contributed by atoms with van der Waals surface area (Å²) in [5, 5.41) is 0. The van der Waals surface area contributed by atoms with Crippen molar-refractivity contribution in [2.24, 2.45) is 5.90 Å². The monoisotopic (exact) mass is 241 g/mol. The van der Waals surface area contributed by atoms with Crippen LogP contribution in [0.25, 0.3) is 0 Å². The topological polar surface area (TPSA) is 62.9 Å². The van der Waals surface area contributed by atoms with E-state index in [1.165, 1.54) is 0 Å². The smallest absolute Gasteiger partial charge is 0.128 e. The van der Waals surface area contributed by atoms with Crippen molar-refractivity contribution in [1.29, 1.82) is 0 Å². The Morgan fingerprint density at radius 1 is 1.00 bits per heavy atom. The third-order valence-electron chi connectivity index (χ3n) is 2.47. The van der Waals surface area contributed by atoms with Crippen LogP contribution in [0.5, 0.6) is 11.5 Å². The third-order valence-corrected chi connectivity index (χ3v) is 2.47. The molecule has 0 unspecified atom stereocenters. The molecule has 0 aliphatic heterocycles. The van der Waals surface area contributed by atoms with E-state index in [1.54, 1.807) is 21.3 Å². The first kappa shape index (κ1) is 13.8. The van der Waals surface area contributed by atoms with E-state index in [0.717, 1.165) is 22.6 Å². The lowest BCUT2D eigenvalue weighted by Gasteiger charge is -2.14. The molecule has 0 atom stereocenters. The Morgan fingerprint density at radius 3 is 2.18 bits per heavy atom. The van der Waals surface area contributed by atoms with Gasteiger partial charge in [0.2, 0.25) is 0 Å². The van der Waals surface area contributed by atoms with Gasteiger partial charge in [0.05, 0.1) is 27.4 Å². The van der Waals surface area contributed by atoms with Gasteiger partial charge in [0.15, 0.2) is 0 Å². The summed E-state index contributed by atoms with van der Waals surface area (Å²) in [5.74, 6) is 6.54. The van der Waals surface area contributed by atoms with E-state index in [9.17, 15) is 0 Å². The van der Waals surface area contributed by atoms with Crippen molar-refractivity contribution in [3.05, 3.63) is 23.3 Å². The highest BCUT2D eigenvalue weighted by atomic mass is 16.6. The molecule has 0 aliphatic rings. The van der Waals surface area contributed by atoms with Gasteiger partial charge in [0.25, 0.3) is 0 Å². The number of hydrogen-bond acceptors (Lipinski definition) is 5. The Bertz CT molecular complexity index is 355. The summed E-state index contributed by atoms with van der Waals surface area (Å²) in [6.07, 6.45) is 0.681. The van der Waals surface area contributed by atoms with E-state index in [-0.39, 0.29) is 0 Å². The average Bonchev–Trinajstić information content (AvgIpc) is 2.36. The summed E-state index contributed by atoms with van der Waals surface area (Å²) in [6, 6.07) is 3.83. The molecule has 0 aromatic heterocycles. The second kappa shape index (κ2) is 7.11. The summed E-state index contributed by atoms with van der Waals surface area (Å²) < 4.78 is 15.7. The van der Waals surface area contributed by atoms with E-state index >= 15 is 0 Å². The molecular weight excluding hydrogens is 222 g/mol. The number of nitrogens with two attached hydrogens (primary N) is 1. The lowest BCUT2D eigenvalue weighted by molar-refractivity contribution is 0.140. The number of hydrogen-bond donors (Lipinski definition) is 1. The molecule has 1 aromatic carbocycles. The number of rotatable bonds is 7. The second-order valence-electron chi connectivity index (χ2n) is 3.53. The lowest BCUT2D eigenvalue weighted by atomic mass is 10.1. The summed E-state index contributed by atoms with van der Waals surface area (Å²) in [6.45, 7) is 0.929. The van der Waals surface area contributed by atoms with Gasteiger partial charge in [-0.25, -0.2) is 5.90 Å². The highest BCUT2D eigenvalue weighted by Crippen LogP contribution is 2.29. The summed E-state index contributed by atoms with van der Waals surface area (Å²) >= 11 is 0. The third kappa shape index (κ3) is 3.59.